The Labute approximate surface area is 105 Å². The van der Waals surface area contributed by atoms with E-state index in [0.29, 0.717) is 18.0 Å². The second-order valence-corrected chi connectivity index (χ2v) is 4.64. The Balaban J connectivity index is 2.02. The molecule has 1 aliphatic rings. The number of hydrogen-bond acceptors (Lipinski definition) is 3. The number of piperidine rings is 1. The first-order valence-electron chi connectivity index (χ1n) is 6.22. The number of likely N-dealkylation sites (tertiary alicyclic amines) is 1. The molecular weight excluding hydrogens is 235 g/mol. The van der Waals surface area contributed by atoms with Crippen molar-refractivity contribution in [3.63, 3.8) is 0 Å². The number of aliphatic hydroxyl groups excluding tert-OH is 1. The van der Waals surface area contributed by atoms with Gasteiger partial charge < -0.3 is 10.0 Å². The predicted molar refractivity (Wildman–Crippen MR) is 64.5 cm³/mol. The number of hydrogen-bond donors (Lipinski definition) is 1. The van der Waals surface area contributed by atoms with Crippen molar-refractivity contribution in [1.29, 1.82) is 0 Å². The Bertz CT molecular complexity index is 406. The molecule has 1 atom stereocenters. The number of amides is 1. The van der Waals surface area contributed by atoms with Gasteiger partial charge in [0.2, 0.25) is 5.95 Å². The second-order valence-electron chi connectivity index (χ2n) is 4.64. The van der Waals surface area contributed by atoms with Crippen molar-refractivity contribution in [2.24, 2.45) is 5.92 Å². The largest absolute Gasteiger partial charge is 0.396 e. The van der Waals surface area contributed by atoms with Gasteiger partial charge in [-0.25, -0.2) is 4.98 Å². The zero-order valence-electron chi connectivity index (χ0n) is 10.2. The lowest BCUT2D eigenvalue weighted by atomic mass is 9.95. The van der Waals surface area contributed by atoms with Crippen molar-refractivity contribution in [3.8, 4) is 0 Å². The summed E-state index contributed by atoms with van der Waals surface area (Å²) in [6.45, 7) is 1.54. The van der Waals surface area contributed by atoms with Gasteiger partial charge in [0.05, 0.1) is 5.56 Å². The molecule has 0 saturated carbocycles. The lowest BCUT2D eigenvalue weighted by molar-refractivity contribution is 0.0653. The van der Waals surface area contributed by atoms with Crippen LogP contribution in [0.4, 0.5) is 4.39 Å². The van der Waals surface area contributed by atoms with E-state index in [0.717, 1.165) is 25.8 Å². The normalized spacial score (nSPS) is 19.9. The minimum atomic E-state index is -0.580. The molecule has 1 N–H and O–H groups in total. The highest BCUT2D eigenvalue weighted by Gasteiger charge is 2.24. The van der Waals surface area contributed by atoms with Crippen molar-refractivity contribution >= 4 is 5.91 Å². The van der Waals surface area contributed by atoms with E-state index < -0.39 is 5.95 Å². The van der Waals surface area contributed by atoms with E-state index >= 15 is 0 Å². The number of nitrogens with zero attached hydrogens (tertiary/aromatic N) is 2. The Morgan fingerprint density at radius 3 is 3.06 bits per heavy atom. The van der Waals surface area contributed by atoms with Gasteiger partial charge in [0, 0.05) is 25.9 Å². The summed E-state index contributed by atoms with van der Waals surface area (Å²) in [4.78, 5) is 17.4. The van der Waals surface area contributed by atoms with Crippen molar-refractivity contribution < 1.29 is 14.3 Å². The van der Waals surface area contributed by atoms with Crippen LogP contribution in [0.1, 0.15) is 29.6 Å². The fraction of sp³-hybridized carbons (Fsp3) is 0.538. The van der Waals surface area contributed by atoms with Crippen molar-refractivity contribution in [1.82, 2.24) is 9.88 Å². The molecule has 1 aliphatic heterocycles. The van der Waals surface area contributed by atoms with E-state index in [-0.39, 0.29) is 12.5 Å². The van der Waals surface area contributed by atoms with Gasteiger partial charge in [-0.1, -0.05) is 0 Å². The maximum atomic E-state index is 12.7. The van der Waals surface area contributed by atoms with Crippen molar-refractivity contribution in [2.75, 3.05) is 19.7 Å². The van der Waals surface area contributed by atoms with Gasteiger partial charge >= 0.3 is 0 Å². The summed E-state index contributed by atoms with van der Waals surface area (Å²) in [5.74, 6) is -0.324. The van der Waals surface area contributed by atoms with Crippen LogP contribution in [0.15, 0.2) is 18.3 Å². The van der Waals surface area contributed by atoms with Crippen molar-refractivity contribution in [2.45, 2.75) is 19.3 Å². The number of aromatic nitrogens is 1. The minimum Gasteiger partial charge on any atom is -0.396 e. The lowest BCUT2D eigenvalue weighted by Crippen LogP contribution is -2.40. The molecule has 1 fully saturated rings. The number of carbonyl (C=O) groups is 1. The fourth-order valence-electron chi connectivity index (χ4n) is 2.35. The van der Waals surface area contributed by atoms with Crippen LogP contribution in [0.5, 0.6) is 0 Å². The van der Waals surface area contributed by atoms with Crippen LogP contribution < -0.4 is 0 Å². The topological polar surface area (TPSA) is 53.4 Å². The summed E-state index contributed by atoms with van der Waals surface area (Å²) in [5.41, 5.74) is 0.418. The summed E-state index contributed by atoms with van der Waals surface area (Å²) in [6.07, 6.45) is 4.00. The van der Waals surface area contributed by atoms with Crippen LogP contribution >= 0.6 is 0 Å². The highest BCUT2D eigenvalue weighted by Crippen LogP contribution is 2.20. The first-order chi connectivity index (χ1) is 8.70. The molecule has 5 heteroatoms. The molecule has 2 rings (SSSR count). The standard InChI is InChI=1S/C13H17FN2O2/c14-12-4-3-11(8-15-12)13(18)16-6-1-2-10(9-16)5-7-17/h3-4,8,10,17H,1-2,5-7,9H2. The van der Waals surface area contributed by atoms with Gasteiger partial charge in [-0.3, -0.25) is 4.79 Å². The molecule has 4 nitrogen and oxygen atoms in total. The van der Waals surface area contributed by atoms with Crippen LogP contribution in [0, 0.1) is 11.9 Å². The third-order valence-electron chi connectivity index (χ3n) is 3.32. The maximum Gasteiger partial charge on any atom is 0.255 e. The Kier molecular flexibility index (Phi) is 4.25. The molecule has 0 aliphatic carbocycles. The smallest absolute Gasteiger partial charge is 0.255 e. The predicted octanol–water partition coefficient (Wildman–Crippen LogP) is 1.46. The summed E-state index contributed by atoms with van der Waals surface area (Å²) >= 11 is 0. The van der Waals surface area contributed by atoms with Crippen LogP contribution in [0.25, 0.3) is 0 Å². The maximum absolute atomic E-state index is 12.7. The first kappa shape index (κ1) is 13.0. The van der Waals surface area contributed by atoms with Crippen LogP contribution in [0.3, 0.4) is 0 Å². The molecule has 1 aromatic heterocycles. The van der Waals surface area contributed by atoms with E-state index in [9.17, 15) is 9.18 Å². The fourth-order valence-corrected chi connectivity index (χ4v) is 2.35. The third-order valence-corrected chi connectivity index (χ3v) is 3.32. The first-order valence-corrected chi connectivity index (χ1v) is 6.22. The van der Waals surface area contributed by atoms with Crippen LogP contribution in [-0.2, 0) is 0 Å². The highest BCUT2D eigenvalue weighted by molar-refractivity contribution is 5.93. The minimum absolute atomic E-state index is 0.106. The quantitative estimate of drug-likeness (QED) is 0.828. The summed E-state index contributed by atoms with van der Waals surface area (Å²) < 4.78 is 12.7. The monoisotopic (exact) mass is 252 g/mol. The SMILES string of the molecule is O=C(c1ccc(F)nc1)N1CCCC(CCO)C1. The van der Waals surface area contributed by atoms with Gasteiger partial charge in [-0.2, -0.15) is 4.39 Å². The molecule has 0 spiro atoms. The lowest BCUT2D eigenvalue weighted by Gasteiger charge is -2.32. The van der Waals surface area contributed by atoms with E-state index in [2.05, 4.69) is 4.98 Å². The molecule has 98 valence electrons. The highest BCUT2D eigenvalue weighted by atomic mass is 19.1. The van der Waals surface area contributed by atoms with Gasteiger partial charge in [0.1, 0.15) is 0 Å². The molecule has 1 amide bonds. The number of carbonyl (C=O) groups excluding carboxylic acids is 1. The van der Waals surface area contributed by atoms with E-state index in [1.165, 1.54) is 18.3 Å². The number of pyridine rings is 1. The molecule has 0 aromatic carbocycles. The van der Waals surface area contributed by atoms with E-state index in [1.54, 1.807) is 4.90 Å². The van der Waals surface area contributed by atoms with Gasteiger partial charge in [-0.15, -0.1) is 0 Å². The number of halogens is 1. The second kappa shape index (κ2) is 5.91. The average Bonchev–Trinajstić information content (AvgIpc) is 2.39. The number of aliphatic hydroxyl groups is 1. The Morgan fingerprint density at radius 2 is 2.39 bits per heavy atom. The molecule has 0 radical (unpaired) electrons. The van der Waals surface area contributed by atoms with E-state index in [4.69, 9.17) is 5.11 Å². The summed E-state index contributed by atoms with van der Waals surface area (Å²) in [5, 5.41) is 8.94. The zero-order chi connectivity index (χ0) is 13.0. The summed E-state index contributed by atoms with van der Waals surface area (Å²) in [7, 11) is 0. The van der Waals surface area contributed by atoms with Gasteiger partial charge in [0.15, 0.2) is 0 Å². The third kappa shape index (κ3) is 3.04. The number of rotatable bonds is 3. The molecule has 1 saturated heterocycles. The Morgan fingerprint density at radius 1 is 1.56 bits per heavy atom. The molecule has 18 heavy (non-hydrogen) atoms. The molecule has 1 unspecified atom stereocenters. The summed E-state index contributed by atoms with van der Waals surface area (Å²) in [6, 6.07) is 2.66. The molecule has 2 heterocycles. The van der Waals surface area contributed by atoms with Gasteiger partial charge in [0.25, 0.3) is 5.91 Å². The van der Waals surface area contributed by atoms with Crippen molar-refractivity contribution in [3.05, 3.63) is 29.8 Å². The molecule has 1 aromatic rings. The Hall–Kier alpha value is -1.49. The van der Waals surface area contributed by atoms with Crippen LogP contribution in [0.2, 0.25) is 0 Å². The molecule has 0 bridgehead atoms. The van der Waals surface area contributed by atoms with Gasteiger partial charge in [-0.05, 0) is 37.3 Å². The molecular formula is C13H17FN2O2. The zero-order valence-corrected chi connectivity index (χ0v) is 10.2. The van der Waals surface area contributed by atoms with Crippen LogP contribution in [-0.4, -0.2) is 40.6 Å². The van der Waals surface area contributed by atoms with E-state index in [1.807, 2.05) is 0 Å². The average molecular weight is 252 g/mol.